The molecule has 1 heterocycles. The minimum absolute atomic E-state index is 0.00548. The van der Waals surface area contributed by atoms with Crippen LogP contribution in [0.5, 0.6) is 0 Å². The Morgan fingerprint density at radius 3 is 2.47 bits per heavy atom. The van der Waals surface area contributed by atoms with E-state index >= 15 is 0 Å². The Hall–Kier alpha value is -3.97. The molecule has 8 nitrogen and oxygen atoms in total. The largest absolute Gasteiger partial charge is 0.465 e. The van der Waals surface area contributed by atoms with Crippen molar-refractivity contribution in [2.45, 2.75) is 11.8 Å². The van der Waals surface area contributed by atoms with Crippen molar-refractivity contribution in [3.05, 3.63) is 72.0 Å². The minimum Gasteiger partial charge on any atom is -0.465 e. The van der Waals surface area contributed by atoms with Crippen LogP contribution < -0.4 is 10.0 Å². The summed E-state index contributed by atoms with van der Waals surface area (Å²) < 4.78 is 46.4. The molecule has 2 N–H and O–H groups in total. The molecule has 1 aromatic heterocycles. The lowest BCUT2D eigenvalue weighted by atomic mass is 10.1. The normalized spacial score (nSPS) is 10.8. The highest BCUT2D eigenvalue weighted by molar-refractivity contribution is 7.92. The molecule has 164 valence electrons. The number of nitrogens with one attached hydrogen (secondary N) is 2. The first kappa shape index (κ1) is 22.7. The van der Waals surface area contributed by atoms with Gasteiger partial charge < -0.3 is 10.1 Å². The summed E-state index contributed by atoms with van der Waals surface area (Å²) >= 11 is 0. The maximum atomic E-state index is 13.4. The molecule has 0 saturated carbocycles. The van der Waals surface area contributed by atoms with Crippen LogP contribution in [0.4, 0.5) is 15.9 Å². The summed E-state index contributed by atoms with van der Waals surface area (Å²) in [4.78, 5) is 16.1. The maximum Gasteiger partial charge on any atom is 0.325 e. The summed E-state index contributed by atoms with van der Waals surface area (Å²) in [6, 6.07) is 16.2. The zero-order valence-corrected chi connectivity index (χ0v) is 17.8. The standard InChI is InChI=1S/C22H19FN4O4S/c1-2-31-20(28)14-25-22-16(13-24)12-19(21(26-22)15-8-10-17(23)11-9-15)27-32(29,30)18-6-4-3-5-7-18/h3-12,27H,2,14H2,1H3,(H,25,26). The summed E-state index contributed by atoms with van der Waals surface area (Å²) in [5.74, 6) is -0.965. The second-order valence-electron chi connectivity index (χ2n) is 6.48. The number of nitriles is 1. The van der Waals surface area contributed by atoms with Crippen molar-refractivity contribution in [3.8, 4) is 17.3 Å². The summed E-state index contributed by atoms with van der Waals surface area (Å²) in [6.07, 6.45) is 0. The summed E-state index contributed by atoms with van der Waals surface area (Å²) in [6.45, 7) is 1.62. The quantitative estimate of drug-likeness (QED) is 0.499. The number of carbonyl (C=O) groups is 1. The zero-order chi connectivity index (χ0) is 23.1. The van der Waals surface area contributed by atoms with E-state index in [-0.39, 0.29) is 40.8 Å². The lowest BCUT2D eigenvalue weighted by molar-refractivity contribution is -0.140. The molecule has 3 aromatic rings. The highest BCUT2D eigenvalue weighted by atomic mass is 32.2. The molecule has 0 fully saturated rings. The van der Waals surface area contributed by atoms with Gasteiger partial charge in [-0.05, 0) is 49.4 Å². The molecule has 0 aliphatic rings. The molecule has 0 saturated heterocycles. The number of hydrogen-bond donors (Lipinski definition) is 2. The number of benzene rings is 2. The van der Waals surface area contributed by atoms with E-state index in [1.807, 2.05) is 6.07 Å². The predicted molar refractivity (Wildman–Crippen MR) is 117 cm³/mol. The molecule has 0 atom stereocenters. The van der Waals surface area contributed by atoms with Crippen LogP contribution in [0.1, 0.15) is 12.5 Å². The number of pyridine rings is 1. The molecule has 0 aliphatic heterocycles. The van der Waals surface area contributed by atoms with Crippen molar-refractivity contribution in [3.63, 3.8) is 0 Å². The third-order valence-corrected chi connectivity index (χ3v) is 5.65. The number of esters is 1. The lowest BCUT2D eigenvalue weighted by Gasteiger charge is -2.16. The van der Waals surface area contributed by atoms with E-state index in [0.717, 1.165) is 0 Å². The summed E-state index contributed by atoms with van der Waals surface area (Å²) in [5, 5.41) is 12.3. The average Bonchev–Trinajstić information content (AvgIpc) is 2.79. The number of anilines is 2. The molecular formula is C22H19FN4O4S. The van der Waals surface area contributed by atoms with Crippen molar-refractivity contribution in [2.75, 3.05) is 23.2 Å². The molecule has 2 aromatic carbocycles. The van der Waals surface area contributed by atoms with Crippen molar-refractivity contribution < 1.29 is 22.3 Å². The Kier molecular flexibility index (Phi) is 7.02. The Bertz CT molecular complexity index is 1260. The van der Waals surface area contributed by atoms with Crippen LogP contribution in [0.15, 0.2) is 65.6 Å². The van der Waals surface area contributed by atoms with Gasteiger partial charge in [-0.1, -0.05) is 18.2 Å². The SMILES string of the molecule is CCOC(=O)CNc1nc(-c2ccc(F)cc2)c(NS(=O)(=O)c2ccccc2)cc1C#N. The fraction of sp³-hybridized carbons (Fsp3) is 0.136. The monoisotopic (exact) mass is 454 g/mol. The Labute approximate surface area is 184 Å². The van der Waals surface area contributed by atoms with Crippen molar-refractivity contribution in [2.24, 2.45) is 0 Å². The van der Waals surface area contributed by atoms with E-state index in [1.54, 1.807) is 25.1 Å². The summed E-state index contributed by atoms with van der Waals surface area (Å²) in [7, 11) is -3.99. The van der Waals surface area contributed by atoms with E-state index in [4.69, 9.17) is 4.74 Å². The number of aromatic nitrogens is 1. The number of nitrogens with zero attached hydrogens (tertiary/aromatic N) is 2. The predicted octanol–water partition coefficient (Wildman–Crippen LogP) is 3.54. The molecule has 10 heteroatoms. The van der Waals surface area contributed by atoms with Crippen LogP contribution in [0.2, 0.25) is 0 Å². The minimum atomic E-state index is -3.99. The molecule has 32 heavy (non-hydrogen) atoms. The van der Waals surface area contributed by atoms with Gasteiger partial charge in [0.25, 0.3) is 10.0 Å². The number of halogens is 1. The first-order valence-corrected chi connectivity index (χ1v) is 11.0. The van der Waals surface area contributed by atoms with E-state index in [1.165, 1.54) is 42.5 Å². The van der Waals surface area contributed by atoms with Gasteiger partial charge in [0.2, 0.25) is 0 Å². The van der Waals surface area contributed by atoms with Gasteiger partial charge in [-0.25, -0.2) is 17.8 Å². The highest BCUT2D eigenvalue weighted by Crippen LogP contribution is 2.32. The second-order valence-corrected chi connectivity index (χ2v) is 8.16. The van der Waals surface area contributed by atoms with Crippen LogP contribution >= 0.6 is 0 Å². The smallest absolute Gasteiger partial charge is 0.325 e. The Morgan fingerprint density at radius 2 is 1.84 bits per heavy atom. The van der Waals surface area contributed by atoms with E-state index in [2.05, 4.69) is 15.0 Å². The van der Waals surface area contributed by atoms with Gasteiger partial charge in [0, 0.05) is 5.56 Å². The van der Waals surface area contributed by atoms with E-state index < -0.39 is 21.8 Å². The summed E-state index contributed by atoms with van der Waals surface area (Å²) in [5.41, 5.74) is 0.584. The second kappa shape index (κ2) is 9.89. The van der Waals surface area contributed by atoms with Crippen LogP contribution in [-0.2, 0) is 19.6 Å². The average molecular weight is 454 g/mol. The van der Waals surface area contributed by atoms with Gasteiger partial charge in [-0.15, -0.1) is 0 Å². The Morgan fingerprint density at radius 1 is 1.16 bits per heavy atom. The molecule has 0 unspecified atom stereocenters. The number of carbonyl (C=O) groups excluding carboxylic acids is 1. The number of rotatable bonds is 8. The molecule has 0 amide bonds. The van der Waals surface area contributed by atoms with Gasteiger partial charge in [-0.3, -0.25) is 9.52 Å². The first-order chi connectivity index (χ1) is 15.3. The van der Waals surface area contributed by atoms with E-state index in [9.17, 15) is 22.9 Å². The van der Waals surface area contributed by atoms with Gasteiger partial charge in [-0.2, -0.15) is 5.26 Å². The van der Waals surface area contributed by atoms with Gasteiger partial charge in [0.1, 0.15) is 24.2 Å². The zero-order valence-electron chi connectivity index (χ0n) is 17.0. The van der Waals surface area contributed by atoms with Crippen LogP contribution in [0, 0.1) is 17.1 Å². The molecule has 0 radical (unpaired) electrons. The van der Waals surface area contributed by atoms with Crippen LogP contribution in [-0.4, -0.2) is 32.5 Å². The van der Waals surface area contributed by atoms with Crippen LogP contribution in [0.25, 0.3) is 11.3 Å². The number of hydrogen-bond acceptors (Lipinski definition) is 7. The fourth-order valence-corrected chi connectivity index (χ4v) is 3.89. The van der Waals surface area contributed by atoms with Crippen molar-refractivity contribution in [1.29, 1.82) is 5.26 Å². The fourth-order valence-electron chi connectivity index (χ4n) is 2.81. The van der Waals surface area contributed by atoms with Crippen molar-refractivity contribution in [1.82, 2.24) is 4.98 Å². The van der Waals surface area contributed by atoms with Crippen molar-refractivity contribution >= 4 is 27.5 Å². The first-order valence-electron chi connectivity index (χ1n) is 9.52. The molecule has 0 bridgehead atoms. The molecule has 0 aliphatic carbocycles. The third kappa shape index (κ3) is 5.39. The lowest BCUT2D eigenvalue weighted by Crippen LogP contribution is -2.19. The van der Waals surface area contributed by atoms with Gasteiger partial charge in [0.15, 0.2) is 0 Å². The third-order valence-electron chi connectivity index (χ3n) is 4.26. The number of ether oxygens (including phenoxy) is 1. The maximum absolute atomic E-state index is 13.4. The Balaban J connectivity index is 2.07. The van der Waals surface area contributed by atoms with Crippen LogP contribution in [0.3, 0.4) is 0 Å². The van der Waals surface area contributed by atoms with E-state index in [0.29, 0.717) is 5.56 Å². The van der Waals surface area contributed by atoms with Gasteiger partial charge in [0.05, 0.1) is 28.4 Å². The number of sulfonamides is 1. The highest BCUT2D eigenvalue weighted by Gasteiger charge is 2.20. The molecule has 0 spiro atoms. The topological polar surface area (TPSA) is 121 Å². The molecule has 3 rings (SSSR count). The van der Waals surface area contributed by atoms with Gasteiger partial charge >= 0.3 is 5.97 Å². The molecular weight excluding hydrogens is 435 g/mol.